The van der Waals surface area contributed by atoms with Gasteiger partial charge in [0.25, 0.3) is 5.56 Å². The molecule has 6 heteroatoms. The topological polar surface area (TPSA) is 73.2 Å². The van der Waals surface area contributed by atoms with E-state index in [1.54, 1.807) is 13.2 Å². The van der Waals surface area contributed by atoms with Crippen molar-refractivity contribution in [1.82, 2.24) is 9.55 Å². The van der Waals surface area contributed by atoms with E-state index in [4.69, 9.17) is 0 Å². The Morgan fingerprint density at radius 1 is 1.53 bits per heavy atom. The number of aromatic nitrogens is 2. The van der Waals surface area contributed by atoms with Gasteiger partial charge in [0.15, 0.2) is 5.82 Å². The number of hydrogen-bond acceptors (Lipinski definition) is 5. The Balaban J connectivity index is 2.98. The maximum absolute atomic E-state index is 11.7. The van der Waals surface area contributed by atoms with Crippen LogP contribution in [0.3, 0.4) is 0 Å². The van der Waals surface area contributed by atoms with Gasteiger partial charge in [-0.3, -0.25) is 4.79 Å². The second-order valence-corrected chi connectivity index (χ2v) is 4.08. The number of carbonyl (C=O) groups excluding carboxylic acids is 1. The molecule has 1 unspecified atom stereocenters. The van der Waals surface area contributed by atoms with Gasteiger partial charge in [-0.1, -0.05) is 13.8 Å². The number of esters is 1. The lowest BCUT2D eigenvalue weighted by Gasteiger charge is -2.19. The van der Waals surface area contributed by atoms with E-state index in [0.29, 0.717) is 0 Å². The average Bonchev–Trinajstić information content (AvgIpc) is 2.29. The number of aryl methyl sites for hydroxylation is 1. The lowest BCUT2D eigenvalue weighted by atomic mass is 10.1. The molecule has 1 heterocycles. The van der Waals surface area contributed by atoms with Crippen LogP contribution in [0.25, 0.3) is 0 Å². The molecule has 0 fully saturated rings. The van der Waals surface area contributed by atoms with E-state index < -0.39 is 12.0 Å². The SMILES string of the molecule is COC(=O)C(Nc1nccn(C)c1=O)C(C)C. The molecule has 0 aliphatic rings. The predicted octanol–water partition coefficient (Wildman–Crippen LogP) is 0.390. The molecule has 0 saturated carbocycles. The molecule has 0 bridgehead atoms. The Hall–Kier alpha value is -1.85. The third kappa shape index (κ3) is 3.05. The zero-order valence-corrected chi connectivity index (χ0v) is 10.4. The number of methoxy groups -OCH3 is 1. The number of ether oxygens (including phenoxy) is 1. The molecule has 6 nitrogen and oxygen atoms in total. The van der Waals surface area contributed by atoms with Crippen molar-refractivity contribution in [3.63, 3.8) is 0 Å². The van der Waals surface area contributed by atoms with Crippen LogP contribution in [0.4, 0.5) is 5.82 Å². The van der Waals surface area contributed by atoms with Crippen molar-refractivity contribution in [1.29, 1.82) is 0 Å². The maximum atomic E-state index is 11.7. The number of carbonyl (C=O) groups is 1. The number of nitrogens with one attached hydrogen (secondary N) is 1. The van der Waals surface area contributed by atoms with E-state index in [1.807, 2.05) is 13.8 Å². The summed E-state index contributed by atoms with van der Waals surface area (Å²) >= 11 is 0. The fourth-order valence-corrected chi connectivity index (χ4v) is 1.37. The highest BCUT2D eigenvalue weighted by atomic mass is 16.5. The molecule has 1 atom stereocenters. The van der Waals surface area contributed by atoms with Gasteiger partial charge >= 0.3 is 5.97 Å². The van der Waals surface area contributed by atoms with E-state index in [1.165, 1.54) is 17.9 Å². The summed E-state index contributed by atoms with van der Waals surface area (Å²) in [6.45, 7) is 3.73. The van der Waals surface area contributed by atoms with Crippen LogP contribution in [0.2, 0.25) is 0 Å². The van der Waals surface area contributed by atoms with Gasteiger partial charge in [-0.15, -0.1) is 0 Å². The van der Waals surface area contributed by atoms with E-state index in [0.717, 1.165) is 0 Å². The Kier molecular flexibility index (Phi) is 4.25. The molecule has 0 aliphatic heterocycles. The van der Waals surface area contributed by atoms with Crippen LogP contribution < -0.4 is 10.9 Å². The van der Waals surface area contributed by atoms with Crippen molar-refractivity contribution < 1.29 is 9.53 Å². The van der Waals surface area contributed by atoms with Gasteiger partial charge in [-0.05, 0) is 5.92 Å². The quantitative estimate of drug-likeness (QED) is 0.769. The first-order valence-electron chi connectivity index (χ1n) is 5.33. The van der Waals surface area contributed by atoms with E-state index in [2.05, 4.69) is 15.0 Å². The molecule has 0 saturated heterocycles. The second-order valence-electron chi connectivity index (χ2n) is 4.08. The minimum Gasteiger partial charge on any atom is -0.467 e. The van der Waals surface area contributed by atoms with Gasteiger partial charge in [0, 0.05) is 19.4 Å². The first-order valence-corrected chi connectivity index (χ1v) is 5.33. The number of rotatable bonds is 4. The summed E-state index contributed by atoms with van der Waals surface area (Å²) in [7, 11) is 2.94. The lowest BCUT2D eigenvalue weighted by Crippen LogP contribution is -2.38. The van der Waals surface area contributed by atoms with Gasteiger partial charge in [-0.2, -0.15) is 0 Å². The molecule has 1 rings (SSSR count). The van der Waals surface area contributed by atoms with Crippen molar-refractivity contribution in [2.75, 3.05) is 12.4 Å². The number of anilines is 1. The summed E-state index contributed by atoms with van der Waals surface area (Å²) in [6, 6.07) is -0.581. The molecule has 1 N–H and O–H groups in total. The zero-order valence-electron chi connectivity index (χ0n) is 10.4. The maximum Gasteiger partial charge on any atom is 0.328 e. The highest BCUT2D eigenvalue weighted by molar-refractivity contribution is 5.79. The molecule has 1 aromatic rings. The molecule has 0 aromatic carbocycles. The Bertz CT molecular complexity index is 454. The van der Waals surface area contributed by atoms with Gasteiger partial charge in [0.2, 0.25) is 0 Å². The van der Waals surface area contributed by atoms with Crippen LogP contribution >= 0.6 is 0 Å². The van der Waals surface area contributed by atoms with E-state index in [-0.39, 0.29) is 17.3 Å². The summed E-state index contributed by atoms with van der Waals surface area (Å²) in [5.74, 6) is -0.263. The van der Waals surface area contributed by atoms with E-state index in [9.17, 15) is 9.59 Å². The van der Waals surface area contributed by atoms with E-state index >= 15 is 0 Å². The summed E-state index contributed by atoms with van der Waals surface area (Å²) in [5.41, 5.74) is -0.276. The first kappa shape index (κ1) is 13.2. The lowest BCUT2D eigenvalue weighted by molar-refractivity contribution is -0.142. The molecule has 0 radical (unpaired) electrons. The summed E-state index contributed by atoms with van der Waals surface area (Å²) in [5, 5.41) is 2.82. The summed E-state index contributed by atoms with van der Waals surface area (Å²) < 4.78 is 6.07. The molecular formula is C11H17N3O3. The zero-order chi connectivity index (χ0) is 13.0. The minimum absolute atomic E-state index is 0.00541. The van der Waals surface area contributed by atoms with Crippen LogP contribution in [-0.2, 0) is 16.6 Å². The highest BCUT2D eigenvalue weighted by Crippen LogP contribution is 2.08. The number of hydrogen-bond donors (Lipinski definition) is 1. The highest BCUT2D eigenvalue weighted by Gasteiger charge is 2.24. The molecule has 1 aromatic heterocycles. The van der Waals surface area contributed by atoms with Crippen molar-refractivity contribution in [3.8, 4) is 0 Å². The third-order valence-corrected chi connectivity index (χ3v) is 2.43. The van der Waals surface area contributed by atoms with Gasteiger partial charge < -0.3 is 14.6 Å². The Morgan fingerprint density at radius 2 is 2.18 bits per heavy atom. The van der Waals surface area contributed by atoms with Crippen LogP contribution in [0.1, 0.15) is 13.8 Å². The fourth-order valence-electron chi connectivity index (χ4n) is 1.37. The van der Waals surface area contributed by atoms with Crippen molar-refractivity contribution in [2.45, 2.75) is 19.9 Å². The standard InChI is InChI=1S/C11H17N3O3/c1-7(2)8(11(16)17-4)13-9-10(15)14(3)6-5-12-9/h5-8H,1-4H3,(H,12,13). The number of nitrogens with zero attached hydrogens (tertiary/aromatic N) is 2. The van der Waals surface area contributed by atoms with Crippen molar-refractivity contribution in [3.05, 3.63) is 22.7 Å². The monoisotopic (exact) mass is 239 g/mol. The van der Waals surface area contributed by atoms with Gasteiger partial charge in [-0.25, -0.2) is 9.78 Å². The minimum atomic E-state index is -0.581. The van der Waals surface area contributed by atoms with Crippen LogP contribution in [0.15, 0.2) is 17.2 Å². The van der Waals surface area contributed by atoms with Gasteiger partial charge in [0.1, 0.15) is 6.04 Å². The molecule has 0 spiro atoms. The fraction of sp³-hybridized carbons (Fsp3) is 0.545. The van der Waals surface area contributed by atoms with Crippen LogP contribution in [0.5, 0.6) is 0 Å². The van der Waals surface area contributed by atoms with Crippen LogP contribution in [-0.4, -0.2) is 28.7 Å². The van der Waals surface area contributed by atoms with Crippen LogP contribution in [0, 0.1) is 5.92 Å². The molecule has 17 heavy (non-hydrogen) atoms. The predicted molar refractivity (Wildman–Crippen MR) is 63.7 cm³/mol. The summed E-state index contributed by atoms with van der Waals surface area (Å²) in [6.07, 6.45) is 3.05. The molecule has 0 amide bonds. The normalized spacial score (nSPS) is 12.3. The second kappa shape index (κ2) is 5.47. The molecular weight excluding hydrogens is 222 g/mol. The average molecular weight is 239 g/mol. The largest absolute Gasteiger partial charge is 0.467 e. The first-order chi connectivity index (χ1) is 7.97. The van der Waals surface area contributed by atoms with Gasteiger partial charge in [0.05, 0.1) is 7.11 Å². The Morgan fingerprint density at radius 3 is 2.71 bits per heavy atom. The van der Waals surface area contributed by atoms with Crippen molar-refractivity contribution in [2.24, 2.45) is 13.0 Å². The third-order valence-electron chi connectivity index (χ3n) is 2.43. The smallest absolute Gasteiger partial charge is 0.328 e. The van der Waals surface area contributed by atoms with Crippen molar-refractivity contribution >= 4 is 11.8 Å². The Labute approximate surface area is 99.6 Å². The molecule has 0 aliphatic carbocycles. The summed E-state index contributed by atoms with van der Waals surface area (Å²) in [4.78, 5) is 27.2. The molecule has 94 valence electrons.